The first kappa shape index (κ1) is 18.9. The number of piperidine rings is 1. The van der Waals surface area contributed by atoms with E-state index in [1.54, 1.807) is 0 Å². The first-order valence-corrected chi connectivity index (χ1v) is 7.07. The minimum Gasteiger partial charge on any atom is -0.373 e. The Kier molecular flexibility index (Phi) is 6.81. The van der Waals surface area contributed by atoms with E-state index in [-0.39, 0.29) is 24.8 Å². The van der Waals surface area contributed by atoms with Gasteiger partial charge in [0.05, 0.1) is 6.04 Å². The van der Waals surface area contributed by atoms with Crippen molar-refractivity contribution in [3.63, 3.8) is 0 Å². The molecule has 3 rings (SSSR count). The van der Waals surface area contributed by atoms with E-state index in [1.165, 1.54) is 18.4 Å². The minimum atomic E-state index is -0.704. The first-order chi connectivity index (χ1) is 9.66. The Morgan fingerprint density at radius 3 is 2.32 bits per heavy atom. The second-order valence-corrected chi connectivity index (χ2v) is 5.54. The summed E-state index contributed by atoms with van der Waals surface area (Å²) in [6, 6.07) is 6.79. The fourth-order valence-electron chi connectivity index (χ4n) is 2.86. The summed E-state index contributed by atoms with van der Waals surface area (Å²) in [6.45, 7) is 2.12. The summed E-state index contributed by atoms with van der Waals surface area (Å²) >= 11 is 0. The van der Waals surface area contributed by atoms with Crippen molar-refractivity contribution < 1.29 is 9.59 Å². The quantitative estimate of drug-likeness (QED) is 0.718. The van der Waals surface area contributed by atoms with Gasteiger partial charge in [-0.25, -0.2) is 0 Å². The molecule has 3 atom stereocenters. The van der Waals surface area contributed by atoms with Gasteiger partial charge in [-0.15, -0.1) is 24.8 Å². The van der Waals surface area contributed by atoms with Crippen LogP contribution in [-0.4, -0.2) is 36.7 Å². The lowest BCUT2D eigenvalue weighted by atomic mass is 9.83. The van der Waals surface area contributed by atoms with Crippen molar-refractivity contribution in [1.29, 1.82) is 0 Å². The third-order valence-corrected chi connectivity index (χ3v) is 4.19. The van der Waals surface area contributed by atoms with Crippen molar-refractivity contribution in [3.05, 3.63) is 29.8 Å². The van der Waals surface area contributed by atoms with Crippen LogP contribution in [0, 0.1) is 0 Å². The number of nitrogens with one attached hydrogen (secondary N) is 2. The van der Waals surface area contributed by atoms with Crippen LogP contribution in [0.2, 0.25) is 0 Å². The molecule has 0 radical (unpaired) electrons. The van der Waals surface area contributed by atoms with Gasteiger partial charge in [-0.3, -0.25) is 9.59 Å². The molecule has 2 fully saturated rings. The molecular formula is C15H21Cl2N3O2. The molecule has 0 aromatic heterocycles. The van der Waals surface area contributed by atoms with E-state index in [9.17, 15) is 9.59 Å². The Bertz CT molecular complexity index is 530. The zero-order chi connectivity index (χ0) is 14.1. The van der Waals surface area contributed by atoms with Crippen LogP contribution < -0.4 is 16.4 Å². The third kappa shape index (κ3) is 3.60. The number of hydrogen-bond acceptors (Lipinski definition) is 5. The number of nitrogens with two attached hydrogens (primary N) is 1. The standard InChI is InChI=1S/C15H19N3O2.2ClH/c16-12-13(15(20)14(12)19)18-11-5-3-9(4-6-11)10-2-1-7-17-8-10;;/h3-6,10,12-13,17-18H,1-2,7-8,16H2;2*1H. The van der Waals surface area contributed by atoms with Crippen molar-refractivity contribution in [2.45, 2.75) is 30.8 Å². The highest BCUT2D eigenvalue weighted by Gasteiger charge is 2.46. The SMILES string of the molecule is Cl.Cl.NC1C(=O)C(=O)C1Nc1ccc(C2CCCNC2)cc1. The predicted molar refractivity (Wildman–Crippen MR) is 91.2 cm³/mol. The molecule has 1 saturated carbocycles. The van der Waals surface area contributed by atoms with Crippen LogP contribution in [0.1, 0.15) is 24.3 Å². The average Bonchev–Trinajstić information content (AvgIpc) is 2.53. The summed E-state index contributed by atoms with van der Waals surface area (Å²) in [6.07, 6.45) is 2.42. The number of ketones is 2. The number of carbonyl (C=O) groups excluding carboxylic acids is 2. The van der Waals surface area contributed by atoms with Gasteiger partial charge in [-0.2, -0.15) is 0 Å². The van der Waals surface area contributed by atoms with Crippen LogP contribution in [0.15, 0.2) is 24.3 Å². The third-order valence-electron chi connectivity index (χ3n) is 4.19. The van der Waals surface area contributed by atoms with Gasteiger partial charge in [0.25, 0.3) is 0 Å². The highest BCUT2D eigenvalue weighted by molar-refractivity contribution is 6.49. The summed E-state index contributed by atoms with van der Waals surface area (Å²) in [7, 11) is 0. The van der Waals surface area contributed by atoms with Gasteiger partial charge in [0.1, 0.15) is 6.04 Å². The van der Waals surface area contributed by atoms with Crippen LogP contribution in [0.5, 0.6) is 0 Å². The molecule has 1 saturated heterocycles. The maximum Gasteiger partial charge on any atom is 0.224 e. The van der Waals surface area contributed by atoms with Crippen molar-refractivity contribution >= 4 is 42.1 Å². The number of rotatable bonds is 3. The van der Waals surface area contributed by atoms with Crippen molar-refractivity contribution in [3.8, 4) is 0 Å². The number of halogens is 2. The normalized spacial score (nSPS) is 27.2. The molecule has 0 amide bonds. The molecule has 1 aromatic carbocycles. The van der Waals surface area contributed by atoms with E-state index in [0.29, 0.717) is 5.92 Å². The van der Waals surface area contributed by atoms with E-state index in [0.717, 1.165) is 18.8 Å². The van der Waals surface area contributed by atoms with Crippen LogP contribution in [0.3, 0.4) is 0 Å². The molecular weight excluding hydrogens is 325 g/mol. The van der Waals surface area contributed by atoms with E-state index in [1.807, 2.05) is 12.1 Å². The molecule has 1 heterocycles. The fourth-order valence-corrected chi connectivity index (χ4v) is 2.86. The second kappa shape index (κ2) is 7.92. The molecule has 1 aliphatic carbocycles. The number of hydrogen-bond donors (Lipinski definition) is 3. The fraction of sp³-hybridized carbons (Fsp3) is 0.467. The smallest absolute Gasteiger partial charge is 0.224 e. The Labute approximate surface area is 142 Å². The lowest BCUT2D eigenvalue weighted by molar-refractivity contribution is -0.144. The average molecular weight is 346 g/mol. The Morgan fingerprint density at radius 2 is 1.77 bits per heavy atom. The lowest BCUT2D eigenvalue weighted by Crippen LogP contribution is -2.65. The molecule has 0 spiro atoms. The zero-order valence-electron chi connectivity index (χ0n) is 12.1. The van der Waals surface area contributed by atoms with Gasteiger partial charge < -0.3 is 16.4 Å². The predicted octanol–water partition coefficient (Wildman–Crippen LogP) is 1.26. The van der Waals surface area contributed by atoms with Crippen molar-refractivity contribution in [2.75, 3.05) is 18.4 Å². The van der Waals surface area contributed by atoms with Crippen molar-refractivity contribution in [1.82, 2.24) is 5.32 Å². The van der Waals surface area contributed by atoms with Gasteiger partial charge >= 0.3 is 0 Å². The molecule has 2 aliphatic rings. The van der Waals surface area contributed by atoms with Crippen LogP contribution >= 0.6 is 24.8 Å². The molecule has 1 aliphatic heterocycles. The monoisotopic (exact) mass is 345 g/mol. The topological polar surface area (TPSA) is 84.2 Å². The van der Waals surface area contributed by atoms with Crippen LogP contribution in [0.4, 0.5) is 5.69 Å². The maximum atomic E-state index is 11.4. The highest BCUT2D eigenvalue weighted by Crippen LogP contribution is 2.25. The number of anilines is 1. The van der Waals surface area contributed by atoms with Crippen LogP contribution in [0.25, 0.3) is 0 Å². The van der Waals surface area contributed by atoms with Gasteiger partial charge in [0, 0.05) is 12.2 Å². The molecule has 22 heavy (non-hydrogen) atoms. The Hall–Kier alpha value is -1.14. The lowest BCUT2D eigenvalue weighted by Gasteiger charge is -2.31. The van der Waals surface area contributed by atoms with E-state index < -0.39 is 23.7 Å². The number of Topliss-reactive ketones (excluding diaryl/α,β-unsaturated/α-hetero) is 2. The first-order valence-electron chi connectivity index (χ1n) is 7.07. The Morgan fingerprint density at radius 1 is 1.09 bits per heavy atom. The van der Waals surface area contributed by atoms with E-state index in [2.05, 4.69) is 22.8 Å². The van der Waals surface area contributed by atoms with E-state index >= 15 is 0 Å². The molecule has 3 unspecified atom stereocenters. The molecule has 0 bridgehead atoms. The van der Waals surface area contributed by atoms with Crippen molar-refractivity contribution in [2.24, 2.45) is 5.73 Å². The highest BCUT2D eigenvalue weighted by atomic mass is 35.5. The summed E-state index contributed by atoms with van der Waals surface area (Å²) < 4.78 is 0. The summed E-state index contributed by atoms with van der Waals surface area (Å²) in [5.74, 6) is -0.336. The molecule has 1 aromatic rings. The molecule has 5 nitrogen and oxygen atoms in total. The summed E-state index contributed by atoms with van der Waals surface area (Å²) in [5.41, 5.74) is 7.75. The second-order valence-electron chi connectivity index (χ2n) is 5.54. The van der Waals surface area contributed by atoms with Gasteiger partial charge in [-0.05, 0) is 43.0 Å². The van der Waals surface area contributed by atoms with E-state index in [4.69, 9.17) is 5.73 Å². The zero-order valence-corrected chi connectivity index (χ0v) is 13.7. The molecule has 7 heteroatoms. The number of carbonyl (C=O) groups is 2. The minimum absolute atomic E-state index is 0. The van der Waals surface area contributed by atoms with Gasteiger partial charge in [0.15, 0.2) is 0 Å². The summed E-state index contributed by atoms with van der Waals surface area (Å²) in [4.78, 5) is 22.5. The van der Waals surface area contributed by atoms with Gasteiger partial charge in [-0.1, -0.05) is 12.1 Å². The summed E-state index contributed by atoms with van der Waals surface area (Å²) in [5, 5.41) is 6.43. The largest absolute Gasteiger partial charge is 0.373 e. The van der Waals surface area contributed by atoms with Crippen LogP contribution in [-0.2, 0) is 9.59 Å². The molecule has 4 N–H and O–H groups in total. The Balaban J connectivity index is 0.00000121. The maximum absolute atomic E-state index is 11.4. The number of benzene rings is 1. The van der Waals surface area contributed by atoms with Gasteiger partial charge in [0.2, 0.25) is 11.6 Å². The molecule has 122 valence electrons.